The van der Waals surface area contributed by atoms with E-state index in [0.29, 0.717) is 22.7 Å². The van der Waals surface area contributed by atoms with Gasteiger partial charge in [-0.05, 0) is 30.3 Å². The molecule has 0 unspecified atom stereocenters. The second kappa shape index (κ2) is 7.27. The lowest BCUT2D eigenvalue weighted by atomic mass is 10.1. The zero-order valence-corrected chi connectivity index (χ0v) is 14.7. The number of ether oxygens (including phenoxy) is 1. The fourth-order valence-corrected chi connectivity index (χ4v) is 2.79. The van der Waals surface area contributed by atoms with Crippen LogP contribution >= 0.6 is 0 Å². The summed E-state index contributed by atoms with van der Waals surface area (Å²) in [7, 11) is 0. The van der Waals surface area contributed by atoms with Crippen LogP contribution in [0.2, 0.25) is 0 Å². The molecule has 0 saturated heterocycles. The van der Waals surface area contributed by atoms with E-state index in [9.17, 15) is 18.0 Å². The fourth-order valence-electron chi connectivity index (χ4n) is 2.79. The van der Waals surface area contributed by atoms with Crippen LogP contribution in [0.25, 0.3) is 17.0 Å². The number of imidazole rings is 1. The van der Waals surface area contributed by atoms with E-state index in [1.807, 2.05) is 6.20 Å². The molecule has 4 aromatic rings. The summed E-state index contributed by atoms with van der Waals surface area (Å²) in [5.74, 6) is -0.770. The third kappa shape index (κ3) is 4.18. The summed E-state index contributed by atoms with van der Waals surface area (Å²) in [5.41, 5.74) is 1.53. The lowest BCUT2D eigenvalue weighted by molar-refractivity contribution is -0.274. The van der Waals surface area contributed by atoms with E-state index in [0.717, 1.165) is 6.07 Å². The summed E-state index contributed by atoms with van der Waals surface area (Å²) >= 11 is 0. The zero-order valence-electron chi connectivity index (χ0n) is 14.7. The SMILES string of the molecule is O=C(Nc1cccc(-c2cn3cccnc3n2)c1)c1ccccc1OC(F)(F)F. The molecule has 0 aliphatic rings. The number of carbonyl (C=O) groups excluding carboxylic acids is 1. The van der Waals surface area contributed by atoms with Crippen molar-refractivity contribution in [3.63, 3.8) is 0 Å². The lowest BCUT2D eigenvalue weighted by Gasteiger charge is -2.13. The van der Waals surface area contributed by atoms with Crippen LogP contribution in [-0.4, -0.2) is 26.6 Å². The second-order valence-corrected chi connectivity index (χ2v) is 6.03. The Morgan fingerprint density at radius 1 is 1.07 bits per heavy atom. The van der Waals surface area contributed by atoms with Crippen LogP contribution in [0.3, 0.4) is 0 Å². The van der Waals surface area contributed by atoms with Crippen LogP contribution in [0, 0.1) is 0 Å². The maximum Gasteiger partial charge on any atom is 0.573 e. The van der Waals surface area contributed by atoms with Gasteiger partial charge < -0.3 is 10.1 Å². The van der Waals surface area contributed by atoms with Gasteiger partial charge in [0, 0.05) is 29.8 Å². The van der Waals surface area contributed by atoms with E-state index in [2.05, 4.69) is 20.0 Å². The van der Waals surface area contributed by atoms with Crippen molar-refractivity contribution < 1.29 is 22.7 Å². The predicted molar refractivity (Wildman–Crippen MR) is 99.5 cm³/mol. The zero-order chi connectivity index (χ0) is 20.4. The van der Waals surface area contributed by atoms with Gasteiger partial charge in [0.15, 0.2) is 0 Å². The number of nitrogens with zero attached hydrogens (tertiary/aromatic N) is 3. The Hall–Kier alpha value is -3.88. The number of nitrogens with one attached hydrogen (secondary N) is 1. The maximum atomic E-state index is 12.6. The summed E-state index contributed by atoms with van der Waals surface area (Å²) in [6.45, 7) is 0. The van der Waals surface area contributed by atoms with Gasteiger partial charge >= 0.3 is 6.36 Å². The van der Waals surface area contributed by atoms with Gasteiger partial charge in [0.05, 0.1) is 11.3 Å². The topological polar surface area (TPSA) is 68.5 Å². The number of benzene rings is 2. The van der Waals surface area contributed by atoms with E-state index in [1.165, 1.54) is 18.2 Å². The third-order valence-corrected chi connectivity index (χ3v) is 4.01. The van der Waals surface area contributed by atoms with Gasteiger partial charge in [0.1, 0.15) is 5.75 Å². The van der Waals surface area contributed by atoms with E-state index in [4.69, 9.17) is 0 Å². The summed E-state index contributed by atoms with van der Waals surface area (Å²) in [4.78, 5) is 21.1. The first-order chi connectivity index (χ1) is 13.9. The molecule has 4 rings (SSSR count). The Kier molecular flexibility index (Phi) is 4.63. The highest BCUT2D eigenvalue weighted by atomic mass is 19.4. The number of fused-ring (bicyclic) bond motifs is 1. The first kappa shape index (κ1) is 18.5. The first-order valence-corrected chi connectivity index (χ1v) is 8.45. The number of aromatic nitrogens is 3. The minimum atomic E-state index is -4.90. The molecule has 0 bridgehead atoms. The molecule has 0 aliphatic carbocycles. The Labute approximate surface area is 162 Å². The third-order valence-electron chi connectivity index (χ3n) is 4.01. The molecule has 0 radical (unpaired) electrons. The molecule has 0 saturated carbocycles. The molecule has 2 aromatic heterocycles. The summed E-state index contributed by atoms with van der Waals surface area (Å²) in [5, 5.41) is 2.59. The molecule has 0 spiro atoms. The van der Waals surface area contributed by atoms with Gasteiger partial charge in [-0.15, -0.1) is 13.2 Å². The van der Waals surface area contributed by atoms with Crippen molar-refractivity contribution in [3.8, 4) is 17.0 Å². The molecule has 0 atom stereocenters. The number of hydrogen-bond acceptors (Lipinski definition) is 4. The van der Waals surface area contributed by atoms with Gasteiger partial charge in [-0.2, -0.15) is 0 Å². The van der Waals surface area contributed by atoms with Gasteiger partial charge in [0.2, 0.25) is 5.78 Å². The number of hydrogen-bond donors (Lipinski definition) is 1. The highest BCUT2D eigenvalue weighted by Gasteiger charge is 2.32. The monoisotopic (exact) mass is 398 g/mol. The molecule has 29 heavy (non-hydrogen) atoms. The second-order valence-electron chi connectivity index (χ2n) is 6.03. The highest BCUT2D eigenvalue weighted by molar-refractivity contribution is 6.06. The molecular weight excluding hydrogens is 385 g/mol. The average Bonchev–Trinajstić information content (AvgIpc) is 3.12. The number of carbonyl (C=O) groups is 1. The Balaban J connectivity index is 1.59. The van der Waals surface area contributed by atoms with Crippen LogP contribution in [0.5, 0.6) is 5.75 Å². The molecule has 2 aromatic carbocycles. The van der Waals surface area contributed by atoms with Crippen molar-refractivity contribution in [1.82, 2.24) is 14.4 Å². The quantitative estimate of drug-likeness (QED) is 0.548. The number of rotatable bonds is 4. The van der Waals surface area contributed by atoms with Crippen molar-refractivity contribution in [2.24, 2.45) is 0 Å². The number of para-hydroxylation sites is 1. The average molecular weight is 398 g/mol. The molecule has 1 N–H and O–H groups in total. The summed E-state index contributed by atoms with van der Waals surface area (Å²) < 4.78 is 43.4. The first-order valence-electron chi connectivity index (χ1n) is 8.45. The van der Waals surface area contributed by atoms with Crippen molar-refractivity contribution in [2.75, 3.05) is 5.32 Å². The highest BCUT2D eigenvalue weighted by Crippen LogP contribution is 2.27. The van der Waals surface area contributed by atoms with Crippen LogP contribution in [0.4, 0.5) is 18.9 Å². The van der Waals surface area contributed by atoms with E-state index < -0.39 is 18.0 Å². The number of halogens is 3. The van der Waals surface area contributed by atoms with Crippen LogP contribution < -0.4 is 10.1 Å². The molecule has 6 nitrogen and oxygen atoms in total. The predicted octanol–water partition coefficient (Wildman–Crippen LogP) is 4.55. The lowest BCUT2D eigenvalue weighted by Crippen LogP contribution is -2.20. The standard InChI is InChI=1S/C20H13F3N4O2/c21-20(22,23)29-17-8-2-1-7-15(17)18(28)25-14-6-3-5-13(11-14)16-12-27-10-4-9-24-19(27)26-16/h1-12H,(H,25,28). The smallest absolute Gasteiger partial charge is 0.405 e. The minimum Gasteiger partial charge on any atom is -0.405 e. The van der Waals surface area contributed by atoms with Crippen LogP contribution in [-0.2, 0) is 0 Å². The van der Waals surface area contributed by atoms with Gasteiger partial charge in [-0.1, -0.05) is 24.3 Å². The molecule has 1 amide bonds. The number of amides is 1. The Bertz CT molecular complexity index is 1150. The van der Waals surface area contributed by atoms with Crippen molar-refractivity contribution in [1.29, 1.82) is 0 Å². The van der Waals surface area contributed by atoms with Crippen molar-refractivity contribution >= 4 is 17.4 Å². The molecule has 146 valence electrons. The van der Waals surface area contributed by atoms with Gasteiger partial charge in [-0.25, -0.2) is 9.97 Å². The summed E-state index contributed by atoms with van der Waals surface area (Å²) in [6, 6.07) is 13.7. The van der Waals surface area contributed by atoms with Gasteiger partial charge in [-0.3, -0.25) is 9.20 Å². The summed E-state index contributed by atoms with van der Waals surface area (Å²) in [6.07, 6.45) is 0.328. The van der Waals surface area contributed by atoms with E-state index >= 15 is 0 Å². The molecule has 0 aliphatic heterocycles. The molecular formula is C20H13F3N4O2. The number of alkyl halides is 3. The fraction of sp³-hybridized carbons (Fsp3) is 0.0500. The largest absolute Gasteiger partial charge is 0.573 e. The van der Waals surface area contributed by atoms with Crippen molar-refractivity contribution in [2.45, 2.75) is 6.36 Å². The normalized spacial score (nSPS) is 11.4. The molecule has 2 heterocycles. The molecule has 9 heteroatoms. The van der Waals surface area contributed by atoms with Crippen molar-refractivity contribution in [3.05, 3.63) is 78.8 Å². The Morgan fingerprint density at radius 3 is 2.69 bits per heavy atom. The molecule has 0 fully saturated rings. The van der Waals surface area contributed by atoms with Gasteiger partial charge in [0.25, 0.3) is 5.91 Å². The van der Waals surface area contributed by atoms with E-state index in [1.54, 1.807) is 47.1 Å². The number of anilines is 1. The van der Waals surface area contributed by atoms with Crippen LogP contribution in [0.1, 0.15) is 10.4 Å². The minimum absolute atomic E-state index is 0.229. The maximum absolute atomic E-state index is 12.6. The Morgan fingerprint density at radius 2 is 1.90 bits per heavy atom. The van der Waals surface area contributed by atoms with Crippen LogP contribution in [0.15, 0.2) is 73.2 Å². The van der Waals surface area contributed by atoms with E-state index in [-0.39, 0.29) is 5.56 Å².